The minimum absolute atomic E-state index is 0.128. The quantitative estimate of drug-likeness (QED) is 0.872. The van der Waals surface area contributed by atoms with E-state index < -0.39 is 5.66 Å². The Morgan fingerprint density at radius 1 is 1.12 bits per heavy atom. The van der Waals surface area contributed by atoms with E-state index in [4.69, 9.17) is 0 Å². The van der Waals surface area contributed by atoms with Gasteiger partial charge in [0.1, 0.15) is 5.66 Å². The number of rotatable bonds is 4. The summed E-state index contributed by atoms with van der Waals surface area (Å²) in [5.41, 5.74) is 3.74. The fourth-order valence-electron chi connectivity index (χ4n) is 4.47. The maximum atomic E-state index is 12.5. The van der Waals surface area contributed by atoms with Crippen LogP contribution in [0.1, 0.15) is 51.4 Å². The van der Waals surface area contributed by atoms with Gasteiger partial charge in [0.05, 0.1) is 5.69 Å². The molecule has 2 N–H and O–H groups in total. The Kier molecular flexibility index (Phi) is 4.85. The van der Waals surface area contributed by atoms with Crippen molar-refractivity contribution in [1.29, 1.82) is 0 Å². The van der Waals surface area contributed by atoms with Gasteiger partial charge in [0.2, 0.25) is 5.91 Å². The standard InChI is InChI=1S/C20H28N4O2/c25-18(11-10-16-6-4-5-7-16)23-14-12-20(13-15-23)21-19(26)24(22-20)17-8-2-1-3-9-17/h1-3,8-9,16,22H,4-7,10-15H2,(H,21,26). The monoisotopic (exact) mass is 356 g/mol. The van der Waals surface area contributed by atoms with Crippen LogP contribution in [0.15, 0.2) is 30.3 Å². The molecular weight excluding hydrogens is 328 g/mol. The number of carbonyl (C=O) groups is 2. The van der Waals surface area contributed by atoms with Gasteiger partial charge < -0.3 is 10.2 Å². The SMILES string of the molecule is O=C(CCC1CCCC1)N1CCC2(CC1)NC(=O)N(c1ccccc1)N2. The van der Waals surface area contributed by atoms with E-state index in [1.165, 1.54) is 25.7 Å². The van der Waals surface area contributed by atoms with Crippen LogP contribution in [-0.4, -0.2) is 35.6 Å². The summed E-state index contributed by atoms with van der Waals surface area (Å²) in [5.74, 6) is 1.03. The Hall–Kier alpha value is -2.08. The van der Waals surface area contributed by atoms with Gasteiger partial charge in [-0.25, -0.2) is 15.2 Å². The van der Waals surface area contributed by atoms with Gasteiger partial charge in [-0.3, -0.25) is 4.79 Å². The van der Waals surface area contributed by atoms with Crippen LogP contribution in [0.4, 0.5) is 10.5 Å². The molecule has 0 aromatic heterocycles. The molecule has 0 atom stereocenters. The Bertz CT molecular complexity index is 649. The predicted molar refractivity (Wildman–Crippen MR) is 100 cm³/mol. The van der Waals surface area contributed by atoms with Crippen LogP contribution in [0.2, 0.25) is 0 Å². The van der Waals surface area contributed by atoms with Crippen LogP contribution in [0.3, 0.4) is 0 Å². The zero-order valence-electron chi connectivity index (χ0n) is 15.2. The minimum atomic E-state index is -0.435. The summed E-state index contributed by atoms with van der Waals surface area (Å²) in [4.78, 5) is 26.9. The van der Waals surface area contributed by atoms with E-state index >= 15 is 0 Å². The third-order valence-electron chi connectivity index (χ3n) is 6.10. The number of piperidine rings is 1. The average Bonchev–Trinajstić information content (AvgIpc) is 3.29. The van der Waals surface area contributed by atoms with E-state index in [2.05, 4.69) is 10.7 Å². The molecular formula is C20H28N4O2. The number of benzene rings is 1. The Morgan fingerprint density at radius 3 is 2.50 bits per heavy atom. The maximum absolute atomic E-state index is 12.5. The molecule has 1 aromatic rings. The van der Waals surface area contributed by atoms with Crippen LogP contribution in [0.5, 0.6) is 0 Å². The fourth-order valence-corrected chi connectivity index (χ4v) is 4.47. The van der Waals surface area contributed by atoms with E-state index in [0.29, 0.717) is 19.5 Å². The molecule has 6 nitrogen and oxygen atoms in total. The molecule has 6 heteroatoms. The molecule has 1 spiro atoms. The second-order valence-electron chi connectivity index (χ2n) is 7.86. The average molecular weight is 356 g/mol. The van der Waals surface area contributed by atoms with Gasteiger partial charge in [-0.1, -0.05) is 43.9 Å². The zero-order valence-corrected chi connectivity index (χ0v) is 15.2. The fraction of sp³-hybridized carbons (Fsp3) is 0.600. The largest absolute Gasteiger partial charge is 0.342 e. The molecule has 0 unspecified atom stereocenters. The van der Waals surface area contributed by atoms with Gasteiger partial charge in [0.25, 0.3) is 0 Å². The van der Waals surface area contributed by atoms with Gasteiger partial charge in [-0.05, 0) is 24.5 Å². The summed E-state index contributed by atoms with van der Waals surface area (Å²) >= 11 is 0. The van der Waals surface area contributed by atoms with Crippen LogP contribution >= 0.6 is 0 Å². The summed E-state index contributed by atoms with van der Waals surface area (Å²) in [5, 5.41) is 4.67. The number of hydrazine groups is 1. The lowest BCUT2D eigenvalue weighted by atomic mass is 9.96. The Labute approximate surface area is 154 Å². The van der Waals surface area contributed by atoms with E-state index in [9.17, 15) is 9.59 Å². The van der Waals surface area contributed by atoms with Gasteiger partial charge in [-0.15, -0.1) is 0 Å². The van der Waals surface area contributed by atoms with E-state index in [1.807, 2.05) is 35.2 Å². The van der Waals surface area contributed by atoms with Crippen LogP contribution < -0.4 is 15.8 Å². The summed E-state index contributed by atoms with van der Waals surface area (Å²) < 4.78 is 0. The van der Waals surface area contributed by atoms with Gasteiger partial charge in [0, 0.05) is 32.4 Å². The molecule has 26 heavy (non-hydrogen) atoms. The van der Waals surface area contributed by atoms with E-state index in [1.54, 1.807) is 5.01 Å². The highest BCUT2D eigenvalue weighted by Gasteiger charge is 2.45. The topological polar surface area (TPSA) is 64.7 Å². The van der Waals surface area contributed by atoms with Crippen molar-refractivity contribution in [3.05, 3.63) is 30.3 Å². The molecule has 1 aromatic carbocycles. The normalized spacial score (nSPS) is 22.8. The number of hydrogen-bond donors (Lipinski definition) is 2. The molecule has 2 aliphatic heterocycles. The molecule has 140 valence electrons. The number of para-hydroxylation sites is 1. The molecule has 3 aliphatic rings. The second-order valence-corrected chi connectivity index (χ2v) is 7.86. The lowest BCUT2D eigenvalue weighted by molar-refractivity contribution is -0.133. The first-order chi connectivity index (χ1) is 12.7. The van der Waals surface area contributed by atoms with Gasteiger partial charge in [-0.2, -0.15) is 0 Å². The molecule has 3 fully saturated rings. The third kappa shape index (κ3) is 3.56. The molecule has 0 radical (unpaired) electrons. The first kappa shape index (κ1) is 17.3. The van der Waals surface area contributed by atoms with Crippen molar-refractivity contribution >= 4 is 17.6 Å². The zero-order chi connectivity index (χ0) is 18.0. The first-order valence-corrected chi connectivity index (χ1v) is 9.88. The van der Waals surface area contributed by atoms with Gasteiger partial charge in [0.15, 0.2) is 0 Å². The van der Waals surface area contributed by atoms with Crippen LogP contribution in [-0.2, 0) is 4.79 Å². The molecule has 1 saturated carbocycles. The minimum Gasteiger partial charge on any atom is -0.342 e. The first-order valence-electron chi connectivity index (χ1n) is 9.88. The molecule has 2 heterocycles. The second kappa shape index (κ2) is 7.27. The molecule has 2 saturated heterocycles. The maximum Gasteiger partial charge on any atom is 0.338 e. The van der Waals surface area contributed by atoms with Crippen molar-refractivity contribution in [2.24, 2.45) is 5.92 Å². The van der Waals surface area contributed by atoms with Crippen molar-refractivity contribution in [3.63, 3.8) is 0 Å². The van der Waals surface area contributed by atoms with Crippen molar-refractivity contribution in [3.8, 4) is 0 Å². The van der Waals surface area contributed by atoms with Gasteiger partial charge >= 0.3 is 6.03 Å². The Morgan fingerprint density at radius 2 is 1.81 bits per heavy atom. The highest BCUT2D eigenvalue weighted by Crippen LogP contribution is 2.30. The van der Waals surface area contributed by atoms with Crippen molar-refractivity contribution in [2.45, 2.75) is 57.0 Å². The smallest absolute Gasteiger partial charge is 0.338 e. The number of anilines is 1. The van der Waals surface area contributed by atoms with E-state index in [-0.39, 0.29) is 11.9 Å². The van der Waals surface area contributed by atoms with Crippen molar-refractivity contribution in [1.82, 2.24) is 15.6 Å². The molecule has 0 bridgehead atoms. The number of likely N-dealkylation sites (tertiary alicyclic amines) is 1. The van der Waals surface area contributed by atoms with Crippen molar-refractivity contribution < 1.29 is 9.59 Å². The summed E-state index contributed by atoms with van der Waals surface area (Å²) in [6, 6.07) is 9.46. The van der Waals surface area contributed by atoms with Crippen LogP contribution in [0.25, 0.3) is 0 Å². The molecule has 1 aliphatic carbocycles. The number of nitrogens with zero attached hydrogens (tertiary/aromatic N) is 2. The number of nitrogens with one attached hydrogen (secondary N) is 2. The van der Waals surface area contributed by atoms with Crippen molar-refractivity contribution in [2.75, 3.05) is 18.1 Å². The Balaban J connectivity index is 1.30. The van der Waals surface area contributed by atoms with E-state index in [0.717, 1.165) is 30.9 Å². The number of urea groups is 1. The third-order valence-corrected chi connectivity index (χ3v) is 6.10. The molecule has 3 amide bonds. The number of amides is 3. The predicted octanol–water partition coefficient (Wildman–Crippen LogP) is 3.01. The highest BCUT2D eigenvalue weighted by molar-refractivity contribution is 5.93. The highest BCUT2D eigenvalue weighted by atomic mass is 16.2. The van der Waals surface area contributed by atoms with Crippen LogP contribution in [0, 0.1) is 5.92 Å². The summed E-state index contributed by atoms with van der Waals surface area (Å²) in [6.07, 6.45) is 8.42. The summed E-state index contributed by atoms with van der Waals surface area (Å²) in [7, 11) is 0. The lowest BCUT2D eigenvalue weighted by Gasteiger charge is -2.39. The molecule has 4 rings (SSSR count). The number of hydrogen-bond acceptors (Lipinski definition) is 3. The number of carbonyl (C=O) groups excluding carboxylic acids is 2. The lowest BCUT2D eigenvalue weighted by Crippen LogP contribution is -2.58. The summed E-state index contributed by atoms with van der Waals surface area (Å²) in [6.45, 7) is 1.39.